The zero-order chi connectivity index (χ0) is 12.0. The Bertz CT molecular complexity index is 309. The van der Waals surface area contributed by atoms with Gasteiger partial charge < -0.3 is 5.32 Å². The average Bonchev–Trinajstić information content (AvgIpc) is 2.25. The van der Waals surface area contributed by atoms with Crippen molar-refractivity contribution < 1.29 is 4.39 Å². The molecule has 0 saturated carbocycles. The number of benzene rings is 1. The molecule has 0 heterocycles. The van der Waals surface area contributed by atoms with Crippen molar-refractivity contribution in [3.8, 4) is 0 Å². The van der Waals surface area contributed by atoms with E-state index in [1.165, 1.54) is 12.5 Å². The summed E-state index contributed by atoms with van der Waals surface area (Å²) < 4.78 is 13.3. The van der Waals surface area contributed by atoms with E-state index in [9.17, 15) is 4.39 Å². The molecule has 1 N–H and O–H groups in total. The van der Waals surface area contributed by atoms with Crippen LogP contribution in [0.1, 0.15) is 39.2 Å². The van der Waals surface area contributed by atoms with Gasteiger partial charge in [0.1, 0.15) is 5.82 Å². The summed E-state index contributed by atoms with van der Waals surface area (Å²) in [5.74, 6) is 0.615. The van der Waals surface area contributed by atoms with Gasteiger partial charge in [-0.3, -0.25) is 0 Å². The summed E-state index contributed by atoms with van der Waals surface area (Å²) in [6.07, 6.45) is 2.36. The van der Waals surface area contributed by atoms with Gasteiger partial charge in [-0.05, 0) is 31.7 Å². The summed E-state index contributed by atoms with van der Waals surface area (Å²) in [6, 6.07) is 7.38. The predicted molar refractivity (Wildman–Crippen MR) is 66.8 cm³/mol. The van der Waals surface area contributed by atoms with Gasteiger partial charge in [0.05, 0.1) is 0 Å². The standard InChI is InChI=1S/C14H22FN/c1-11(2)8-9-12(3)16-10-13-6-4-5-7-14(13)15/h4-7,11-12,16H,8-10H2,1-3H3. The average molecular weight is 223 g/mol. The van der Waals surface area contributed by atoms with Gasteiger partial charge in [0.2, 0.25) is 0 Å². The van der Waals surface area contributed by atoms with Gasteiger partial charge in [0, 0.05) is 18.2 Å². The molecule has 16 heavy (non-hydrogen) atoms. The summed E-state index contributed by atoms with van der Waals surface area (Å²) in [7, 11) is 0. The van der Waals surface area contributed by atoms with Gasteiger partial charge in [-0.25, -0.2) is 4.39 Å². The topological polar surface area (TPSA) is 12.0 Å². The molecule has 1 aromatic carbocycles. The molecular weight excluding hydrogens is 201 g/mol. The normalized spacial score (nSPS) is 13.1. The Balaban J connectivity index is 2.31. The molecule has 0 aromatic heterocycles. The van der Waals surface area contributed by atoms with E-state index in [-0.39, 0.29) is 5.82 Å². The van der Waals surface area contributed by atoms with E-state index in [2.05, 4.69) is 26.1 Å². The molecule has 1 rings (SSSR count). The van der Waals surface area contributed by atoms with Crippen LogP contribution < -0.4 is 5.32 Å². The van der Waals surface area contributed by atoms with E-state index in [0.29, 0.717) is 12.6 Å². The molecule has 0 spiro atoms. The van der Waals surface area contributed by atoms with E-state index >= 15 is 0 Å². The van der Waals surface area contributed by atoms with Crippen LogP contribution in [0.3, 0.4) is 0 Å². The van der Waals surface area contributed by atoms with Gasteiger partial charge >= 0.3 is 0 Å². The molecule has 90 valence electrons. The molecule has 2 heteroatoms. The highest BCUT2D eigenvalue weighted by Gasteiger charge is 2.05. The van der Waals surface area contributed by atoms with Crippen molar-refractivity contribution in [2.24, 2.45) is 5.92 Å². The van der Waals surface area contributed by atoms with E-state index in [1.807, 2.05) is 12.1 Å². The fourth-order valence-electron chi connectivity index (χ4n) is 1.61. The molecule has 0 aliphatic carbocycles. The number of nitrogens with one attached hydrogen (secondary N) is 1. The molecule has 1 aromatic rings. The summed E-state index contributed by atoms with van der Waals surface area (Å²) in [4.78, 5) is 0. The van der Waals surface area contributed by atoms with Gasteiger partial charge in [0.25, 0.3) is 0 Å². The Morgan fingerprint density at radius 1 is 1.12 bits per heavy atom. The molecule has 0 amide bonds. The van der Waals surface area contributed by atoms with E-state index < -0.39 is 0 Å². The van der Waals surface area contributed by atoms with Crippen LogP contribution in [0.5, 0.6) is 0 Å². The van der Waals surface area contributed by atoms with E-state index in [4.69, 9.17) is 0 Å². The lowest BCUT2D eigenvalue weighted by atomic mass is 10.0. The van der Waals surface area contributed by atoms with Crippen LogP contribution in [0.25, 0.3) is 0 Å². The molecule has 0 bridgehead atoms. The summed E-state index contributed by atoms with van der Waals surface area (Å²) in [5, 5.41) is 3.36. The Kier molecular flexibility index (Phi) is 5.47. The quantitative estimate of drug-likeness (QED) is 0.774. The number of hydrogen-bond acceptors (Lipinski definition) is 1. The SMILES string of the molecule is CC(C)CCC(C)NCc1ccccc1F. The fraction of sp³-hybridized carbons (Fsp3) is 0.571. The lowest BCUT2D eigenvalue weighted by Crippen LogP contribution is -2.26. The van der Waals surface area contributed by atoms with Gasteiger partial charge in [0.15, 0.2) is 0 Å². The minimum Gasteiger partial charge on any atom is -0.310 e. The summed E-state index contributed by atoms with van der Waals surface area (Å²) >= 11 is 0. The van der Waals surface area contributed by atoms with E-state index in [0.717, 1.165) is 17.9 Å². The maximum absolute atomic E-state index is 13.3. The maximum atomic E-state index is 13.3. The molecule has 0 aliphatic rings. The minimum atomic E-state index is -0.119. The van der Waals surface area contributed by atoms with Crippen molar-refractivity contribution in [3.63, 3.8) is 0 Å². The van der Waals surface area contributed by atoms with Gasteiger partial charge in [-0.2, -0.15) is 0 Å². The summed E-state index contributed by atoms with van der Waals surface area (Å²) in [5.41, 5.74) is 0.749. The lowest BCUT2D eigenvalue weighted by Gasteiger charge is -2.15. The lowest BCUT2D eigenvalue weighted by molar-refractivity contribution is 0.446. The highest BCUT2D eigenvalue weighted by atomic mass is 19.1. The third kappa shape index (κ3) is 4.75. The predicted octanol–water partition coefficient (Wildman–Crippen LogP) is 3.74. The fourth-order valence-corrected chi connectivity index (χ4v) is 1.61. The van der Waals surface area contributed by atoms with Crippen LogP contribution in [0.15, 0.2) is 24.3 Å². The van der Waals surface area contributed by atoms with Crippen molar-refractivity contribution in [1.82, 2.24) is 5.32 Å². The molecule has 1 nitrogen and oxygen atoms in total. The minimum absolute atomic E-state index is 0.119. The van der Waals surface area contributed by atoms with Gasteiger partial charge in [-0.1, -0.05) is 32.0 Å². The first-order valence-corrected chi connectivity index (χ1v) is 6.06. The zero-order valence-electron chi connectivity index (χ0n) is 10.5. The van der Waals surface area contributed by atoms with Crippen LogP contribution >= 0.6 is 0 Å². The molecule has 0 saturated heterocycles. The Morgan fingerprint density at radius 2 is 1.81 bits per heavy atom. The second-order valence-electron chi connectivity index (χ2n) is 4.84. The van der Waals surface area contributed by atoms with Crippen molar-refractivity contribution >= 4 is 0 Å². The Morgan fingerprint density at radius 3 is 2.44 bits per heavy atom. The van der Waals surface area contributed by atoms with Crippen molar-refractivity contribution in [3.05, 3.63) is 35.6 Å². The Hall–Kier alpha value is -0.890. The number of rotatable bonds is 6. The Labute approximate surface area is 98.1 Å². The van der Waals surface area contributed by atoms with Crippen LogP contribution in [-0.2, 0) is 6.54 Å². The van der Waals surface area contributed by atoms with Crippen LogP contribution in [0.2, 0.25) is 0 Å². The smallest absolute Gasteiger partial charge is 0.127 e. The van der Waals surface area contributed by atoms with Crippen molar-refractivity contribution in [2.75, 3.05) is 0 Å². The van der Waals surface area contributed by atoms with Crippen LogP contribution in [-0.4, -0.2) is 6.04 Å². The first-order chi connectivity index (χ1) is 7.59. The second-order valence-corrected chi connectivity index (χ2v) is 4.84. The molecule has 0 aliphatic heterocycles. The number of hydrogen-bond donors (Lipinski definition) is 1. The molecule has 0 radical (unpaired) electrons. The third-order valence-corrected chi connectivity index (χ3v) is 2.78. The molecule has 0 fully saturated rings. The molecule has 1 atom stereocenters. The summed E-state index contributed by atoms with van der Waals surface area (Å²) in [6.45, 7) is 7.22. The van der Waals surface area contributed by atoms with Crippen molar-refractivity contribution in [1.29, 1.82) is 0 Å². The van der Waals surface area contributed by atoms with Crippen LogP contribution in [0.4, 0.5) is 4.39 Å². The molecular formula is C14H22FN. The zero-order valence-corrected chi connectivity index (χ0v) is 10.5. The number of halogens is 1. The van der Waals surface area contributed by atoms with Gasteiger partial charge in [-0.15, -0.1) is 0 Å². The first kappa shape index (κ1) is 13.2. The monoisotopic (exact) mass is 223 g/mol. The highest BCUT2D eigenvalue weighted by Crippen LogP contribution is 2.09. The van der Waals surface area contributed by atoms with E-state index in [1.54, 1.807) is 6.07 Å². The largest absolute Gasteiger partial charge is 0.310 e. The highest BCUT2D eigenvalue weighted by molar-refractivity contribution is 5.16. The maximum Gasteiger partial charge on any atom is 0.127 e. The second kappa shape index (κ2) is 6.64. The molecule has 1 unspecified atom stereocenters. The third-order valence-electron chi connectivity index (χ3n) is 2.78. The van der Waals surface area contributed by atoms with Crippen molar-refractivity contribution in [2.45, 2.75) is 46.2 Å². The first-order valence-electron chi connectivity index (χ1n) is 6.06. The van der Waals surface area contributed by atoms with Crippen LogP contribution in [0, 0.1) is 11.7 Å².